The van der Waals surface area contributed by atoms with E-state index in [1.54, 1.807) is 18.2 Å². The van der Waals surface area contributed by atoms with Crippen molar-refractivity contribution in [1.82, 2.24) is 0 Å². The molecule has 20 heavy (non-hydrogen) atoms. The van der Waals surface area contributed by atoms with Gasteiger partial charge in [0.15, 0.2) is 0 Å². The Kier molecular flexibility index (Phi) is 3.89. The molecular formula is C15H15FN2O2. The summed E-state index contributed by atoms with van der Waals surface area (Å²) < 4.78 is 17.9. The van der Waals surface area contributed by atoms with Crippen molar-refractivity contribution >= 4 is 23.0 Å². The van der Waals surface area contributed by atoms with Gasteiger partial charge in [-0.15, -0.1) is 0 Å². The number of benzene rings is 2. The Balaban J connectivity index is 2.30. The minimum absolute atomic E-state index is 0.331. The van der Waals surface area contributed by atoms with Gasteiger partial charge in [0.25, 0.3) is 0 Å². The normalized spacial score (nSPS) is 10.2. The molecule has 3 N–H and O–H groups in total. The molecule has 2 rings (SSSR count). The first-order valence-corrected chi connectivity index (χ1v) is 6.02. The molecule has 0 amide bonds. The van der Waals surface area contributed by atoms with Crippen molar-refractivity contribution in [2.45, 2.75) is 6.92 Å². The molecule has 5 heteroatoms. The summed E-state index contributed by atoms with van der Waals surface area (Å²) in [5, 5.41) is 3.05. The molecule has 0 aliphatic carbocycles. The van der Waals surface area contributed by atoms with E-state index in [9.17, 15) is 9.18 Å². The lowest BCUT2D eigenvalue weighted by molar-refractivity contribution is 0.0601. The topological polar surface area (TPSA) is 64.3 Å². The quantitative estimate of drug-likeness (QED) is 0.666. The highest BCUT2D eigenvalue weighted by atomic mass is 19.1. The molecule has 0 aliphatic heterocycles. The number of rotatable bonds is 3. The van der Waals surface area contributed by atoms with Crippen molar-refractivity contribution in [3.05, 3.63) is 53.3 Å². The summed E-state index contributed by atoms with van der Waals surface area (Å²) in [4.78, 5) is 11.4. The maximum Gasteiger partial charge on any atom is 0.337 e. The van der Waals surface area contributed by atoms with Gasteiger partial charge in [-0.05, 0) is 42.8 Å². The zero-order chi connectivity index (χ0) is 14.7. The number of aryl methyl sites for hydroxylation is 1. The second-order valence-corrected chi connectivity index (χ2v) is 4.38. The molecule has 104 valence electrons. The van der Waals surface area contributed by atoms with Gasteiger partial charge in [-0.2, -0.15) is 0 Å². The van der Waals surface area contributed by atoms with Crippen LogP contribution in [0.2, 0.25) is 0 Å². The van der Waals surface area contributed by atoms with Gasteiger partial charge in [-0.3, -0.25) is 0 Å². The molecule has 0 heterocycles. The van der Waals surface area contributed by atoms with Crippen LogP contribution < -0.4 is 11.1 Å². The third-order valence-electron chi connectivity index (χ3n) is 2.94. The van der Waals surface area contributed by atoms with E-state index in [2.05, 4.69) is 10.1 Å². The fraction of sp³-hybridized carbons (Fsp3) is 0.133. The van der Waals surface area contributed by atoms with Crippen molar-refractivity contribution in [2.75, 3.05) is 18.2 Å². The van der Waals surface area contributed by atoms with Crippen LogP contribution in [0, 0.1) is 12.7 Å². The lowest BCUT2D eigenvalue weighted by Crippen LogP contribution is -2.04. The summed E-state index contributed by atoms with van der Waals surface area (Å²) in [7, 11) is 1.31. The fourth-order valence-electron chi connectivity index (χ4n) is 1.80. The smallest absolute Gasteiger partial charge is 0.337 e. The van der Waals surface area contributed by atoms with Gasteiger partial charge in [0.2, 0.25) is 0 Å². The van der Waals surface area contributed by atoms with Crippen LogP contribution in [0.4, 0.5) is 21.5 Å². The predicted molar refractivity (Wildman–Crippen MR) is 76.6 cm³/mol. The lowest BCUT2D eigenvalue weighted by Gasteiger charge is -2.12. The predicted octanol–water partition coefficient (Wildman–Crippen LogP) is 3.25. The number of hydrogen-bond acceptors (Lipinski definition) is 4. The van der Waals surface area contributed by atoms with Crippen LogP contribution in [0.1, 0.15) is 15.9 Å². The van der Waals surface area contributed by atoms with Crippen LogP contribution in [0.25, 0.3) is 0 Å². The first-order chi connectivity index (χ1) is 9.51. The number of carbonyl (C=O) groups excluding carboxylic acids is 1. The first kappa shape index (κ1) is 13.9. The summed E-state index contributed by atoms with van der Waals surface area (Å²) >= 11 is 0. The van der Waals surface area contributed by atoms with Crippen molar-refractivity contribution < 1.29 is 13.9 Å². The molecular weight excluding hydrogens is 259 g/mol. The number of ether oxygens (including phenoxy) is 1. The molecule has 4 nitrogen and oxygen atoms in total. The number of nitrogens with two attached hydrogens (primary N) is 1. The summed E-state index contributed by atoms with van der Waals surface area (Å²) in [5.41, 5.74) is 8.76. The van der Waals surface area contributed by atoms with Crippen LogP contribution >= 0.6 is 0 Å². The number of nitrogen functional groups attached to an aromatic ring is 1. The number of carbonyl (C=O) groups is 1. The molecule has 0 aliphatic rings. The van der Waals surface area contributed by atoms with Gasteiger partial charge in [-0.1, -0.05) is 6.07 Å². The molecule has 2 aromatic carbocycles. The zero-order valence-electron chi connectivity index (χ0n) is 11.2. The summed E-state index contributed by atoms with van der Waals surface area (Å²) in [5.74, 6) is -0.784. The number of anilines is 3. The lowest BCUT2D eigenvalue weighted by atomic mass is 10.1. The molecule has 0 radical (unpaired) electrons. The third kappa shape index (κ3) is 2.88. The van der Waals surface area contributed by atoms with Crippen molar-refractivity contribution in [1.29, 1.82) is 0 Å². The van der Waals surface area contributed by atoms with Crippen molar-refractivity contribution in [2.24, 2.45) is 0 Å². The highest BCUT2D eigenvalue weighted by Crippen LogP contribution is 2.26. The average Bonchev–Trinajstić information content (AvgIpc) is 2.44. The van der Waals surface area contributed by atoms with E-state index >= 15 is 0 Å². The van der Waals surface area contributed by atoms with E-state index in [1.165, 1.54) is 25.3 Å². The molecule has 0 saturated carbocycles. The first-order valence-electron chi connectivity index (χ1n) is 6.02. The molecule has 0 saturated heterocycles. The number of hydrogen-bond donors (Lipinski definition) is 2. The Labute approximate surface area is 116 Å². The highest BCUT2D eigenvalue weighted by molar-refractivity contribution is 5.92. The van der Waals surface area contributed by atoms with Gasteiger partial charge in [0.05, 0.1) is 24.0 Å². The maximum absolute atomic E-state index is 13.2. The van der Waals surface area contributed by atoms with E-state index in [0.717, 1.165) is 5.56 Å². The SMILES string of the molecule is COC(=O)c1ccc(Nc2cc(F)ccc2C)c(N)c1. The van der Waals surface area contributed by atoms with E-state index < -0.39 is 5.97 Å². The zero-order valence-corrected chi connectivity index (χ0v) is 11.2. The second-order valence-electron chi connectivity index (χ2n) is 4.38. The highest BCUT2D eigenvalue weighted by Gasteiger charge is 2.09. The van der Waals surface area contributed by atoms with Crippen LogP contribution in [0.5, 0.6) is 0 Å². The Morgan fingerprint density at radius 3 is 2.60 bits per heavy atom. The van der Waals surface area contributed by atoms with E-state index in [4.69, 9.17) is 5.73 Å². The summed E-state index contributed by atoms with van der Waals surface area (Å²) in [6, 6.07) is 9.23. The standard InChI is InChI=1S/C15H15FN2O2/c1-9-3-5-11(16)8-14(9)18-13-6-4-10(7-12(13)17)15(19)20-2/h3-8,18H,17H2,1-2H3. The molecule has 0 atom stereocenters. The van der Waals surface area contributed by atoms with E-state index in [0.29, 0.717) is 22.6 Å². The molecule has 0 fully saturated rings. The summed E-state index contributed by atoms with van der Waals surface area (Å²) in [6.45, 7) is 1.86. The number of esters is 1. The Hall–Kier alpha value is -2.56. The number of nitrogens with one attached hydrogen (secondary N) is 1. The van der Waals surface area contributed by atoms with Crippen molar-refractivity contribution in [3.8, 4) is 0 Å². The molecule has 0 bridgehead atoms. The number of halogens is 1. The molecule has 2 aromatic rings. The van der Waals surface area contributed by atoms with Gasteiger partial charge < -0.3 is 15.8 Å². The minimum Gasteiger partial charge on any atom is -0.465 e. The largest absolute Gasteiger partial charge is 0.465 e. The van der Waals surface area contributed by atoms with Gasteiger partial charge in [-0.25, -0.2) is 9.18 Å². The van der Waals surface area contributed by atoms with Gasteiger partial charge in [0, 0.05) is 5.69 Å². The van der Waals surface area contributed by atoms with Crippen LogP contribution in [0.15, 0.2) is 36.4 Å². The fourth-order valence-corrected chi connectivity index (χ4v) is 1.80. The average molecular weight is 274 g/mol. The van der Waals surface area contributed by atoms with Gasteiger partial charge >= 0.3 is 5.97 Å². The second kappa shape index (κ2) is 5.61. The van der Waals surface area contributed by atoms with Crippen molar-refractivity contribution in [3.63, 3.8) is 0 Å². The van der Waals surface area contributed by atoms with E-state index in [-0.39, 0.29) is 5.82 Å². The van der Waals surface area contributed by atoms with Gasteiger partial charge in [0.1, 0.15) is 5.82 Å². The third-order valence-corrected chi connectivity index (χ3v) is 2.94. The number of methoxy groups -OCH3 is 1. The van der Waals surface area contributed by atoms with Crippen LogP contribution in [0.3, 0.4) is 0 Å². The molecule has 0 spiro atoms. The maximum atomic E-state index is 13.2. The minimum atomic E-state index is -0.454. The Bertz CT molecular complexity index is 656. The Morgan fingerprint density at radius 1 is 1.20 bits per heavy atom. The molecule has 0 aromatic heterocycles. The van der Waals surface area contributed by atoms with Crippen LogP contribution in [-0.2, 0) is 4.74 Å². The molecule has 0 unspecified atom stereocenters. The summed E-state index contributed by atoms with van der Waals surface area (Å²) in [6.07, 6.45) is 0. The monoisotopic (exact) mass is 274 g/mol. The van der Waals surface area contributed by atoms with E-state index in [1.807, 2.05) is 6.92 Å². The Morgan fingerprint density at radius 2 is 1.95 bits per heavy atom. The van der Waals surface area contributed by atoms with Crippen LogP contribution in [-0.4, -0.2) is 13.1 Å².